The van der Waals surface area contributed by atoms with E-state index in [2.05, 4.69) is 15.4 Å². The molecular formula is C15H20N4O. The monoisotopic (exact) mass is 272 g/mol. The lowest BCUT2D eigenvalue weighted by Crippen LogP contribution is -2.16. The van der Waals surface area contributed by atoms with Crippen molar-refractivity contribution in [3.8, 4) is 5.75 Å². The first-order valence-electron chi connectivity index (χ1n) is 7.20. The topological polar surface area (TPSA) is 52.0 Å². The highest BCUT2D eigenvalue weighted by molar-refractivity contribution is 5.20. The van der Waals surface area contributed by atoms with Gasteiger partial charge in [0.2, 0.25) is 0 Å². The Morgan fingerprint density at radius 2 is 2.10 bits per heavy atom. The number of rotatable bonds is 8. The van der Waals surface area contributed by atoms with Crippen LogP contribution in [0.5, 0.6) is 5.75 Å². The van der Waals surface area contributed by atoms with Crippen LogP contribution in [0.15, 0.2) is 36.7 Å². The van der Waals surface area contributed by atoms with Crippen molar-refractivity contribution in [1.29, 1.82) is 0 Å². The summed E-state index contributed by atoms with van der Waals surface area (Å²) >= 11 is 0. The first-order valence-corrected chi connectivity index (χ1v) is 7.20. The maximum atomic E-state index is 5.65. The van der Waals surface area contributed by atoms with Gasteiger partial charge in [0.1, 0.15) is 12.1 Å². The van der Waals surface area contributed by atoms with Crippen molar-refractivity contribution in [3.05, 3.63) is 42.5 Å². The smallest absolute Gasteiger partial charge is 0.164 e. The Morgan fingerprint density at radius 1 is 1.25 bits per heavy atom. The first kappa shape index (κ1) is 13.1. The highest BCUT2D eigenvalue weighted by Crippen LogP contribution is 2.18. The van der Waals surface area contributed by atoms with Crippen LogP contribution in [0.3, 0.4) is 0 Å². The molecule has 0 amide bonds. The lowest BCUT2D eigenvalue weighted by atomic mass is 10.3. The minimum atomic E-state index is 0.694. The van der Waals surface area contributed by atoms with Gasteiger partial charge < -0.3 is 10.1 Å². The Balaban J connectivity index is 1.35. The van der Waals surface area contributed by atoms with Crippen molar-refractivity contribution in [2.24, 2.45) is 0 Å². The third kappa shape index (κ3) is 4.06. The van der Waals surface area contributed by atoms with E-state index in [1.807, 2.05) is 35.0 Å². The number of ether oxygens (including phenoxy) is 1. The molecule has 106 valence electrons. The van der Waals surface area contributed by atoms with E-state index in [9.17, 15) is 0 Å². The van der Waals surface area contributed by atoms with Crippen LogP contribution in [0, 0.1) is 0 Å². The molecule has 0 atom stereocenters. The van der Waals surface area contributed by atoms with Crippen LogP contribution in [-0.2, 0) is 13.1 Å². The van der Waals surface area contributed by atoms with Gasteiger partial charge in [0.05, 0.1) is 13.2 Å². The summed E-state index contributed by atoms with van der Waals surface area (Å²) in [6.45, 7) is 2.31. The normalized spacial score (nSPS) is 14.4. The summed E-state index contributed by atoms with van der Waals surface area (Å²) in [5.74, 6) is 1.79. The van der Waals surface area contributed by atoms with E-state index < -0.39 is 0 Å². The molecule has 1 aromatic heterocycles. The highest BCUT2D eigenvalue weighted by atomic mass is 16.5. The Hall–Kier alpha value is -1.88. The first-order chi connectivity index (χ1) is 9.90. The van der Waals surface area contributed by atoms with Crippen LogP contribution in [0.4, 0.5) is 0 Å². The summed E-state index contributed by atoms with van der Waals surface area (Å²) in [6, 6.07) is 10.6. The van der Waals surface area contributed by atoms with E-state index in [-0.39, 0.29) is 0 Å². The van der Waals surface area contributed by atoms with Crippen LogP contribution < -0.4 is 10.1 Å². The summed E-state index contributed by atoms with van der Waals surface area (Å²) in [6.07, 6.45) is 5.30. The van der Waals surface area contributed by atoms with Gasteiger partial charge in [-0.2, -0.15) is 5.10 Å². The highest BCUT2D eigenvalue weighted by Gasteiger charge is 2.20. The van der Waals surface area contributed by atoms with Crippen LogP contribution in [0.1, 0.15) is 25.1 Å². The minimum Gasteiger partial charge on any atom is -0.494 e. The summed E-state index contributed by atoms with van der Waals surface area (Å²) in [4.78, 5) is 4.30. The number of benzene rings is 1. The van der Waals surface area contributed by atoms with E-state index in [0.717, 1.165) is 31.1 Å². The molecule has 5 heteroatoms. The Labute approximate surface area is 119 Å². The van der Waals surface area contributed by atoms with Crippen LogP contribution in [0.25, 0.3) is 0 Å². The fourth-order valence-corrected chi connectivity index (χ4v) is 1.98. The molecule has 1 aliphatic rings. The molecule has 0 bridgehead atoms. The summed E-state index contributed by atoms with van der Waals surface area (Å²) < 4.78 is 7.54. The number of aryl methyl sites for hydroxylation is 1. The molecule has 0 spiro atoms. The number of nitrogens with zero attached hydrogens (tertiary/aromatic N) is 3. The quantitative estimate of drug-likeness (QED) is 0.747. The molecule has 1 saturated carbocycles. The minimum absolute atomic E-state index is 0.694. The predicted molar refractivity (Wildman–Crippen MR) is 76.4 cm³/mol. The van der Waals surface area contributed by atoms with Gasteiger partial charge in [-0.3, -0.25) is 4.68 Å². The third-order valence-corrected chi connectivity index (χ3v) is 3.25. The van der Waals surface area contributed by atoms with Crippen LogP contribution in [-0.4, -0.2) is 27.4 Å². The molecule has 0 unspecified atom stereocenters. The molecule has 2 aromatic rings. The second-order valence-corrected chi connectivity index (χ2v) is 5.09. The Kier molecular flexibility index (Phi) is 4.28. The van der Waals surface area contributed by atoms with Crippen LogP contribution >= 0.6 is 0 Å². The molecule has 1 fully saturated rings. The summed E-state index contributed by atoms with van der Waals surface area (Å²) in [7, 11) is 0. The van der Waals surface area contributed by atoms with E-state index in [0.29, 0.717) is 12.6 Å². The molecule has 5 nitrogen and oxygen atoms in total. The average Bonchev–Trinajstić information content (AvgIpc) is 3.21. The number of nitrogens with one attached hydrogen (secondary N) is 1. The molecule has 3 rings (SSSR count). The van der Waals surface area contributed by atoms with Gasteiger partial charge in [0, 0.05) is 19.0 Å². The zero-order chi connectivity index (χ0) is 13.6. The second kappa shape index (κ2) is 6.52. The zero-order valence-electron chi connectivity index (χ0n) is 11.5. The van der Waals surface area contributed by atoms with Crippen molar-refractivity contribution in [2.75, 3.05) is 6.61 Å². The van der Waals surface area contributed by atoms with Gasteiger partial charge in [0.15, 0.2) is 5.82 Å². The van der Waals surface area contributed by atoms with Crippen LogP contribution in [0.2, 0.25) is 0 Å². The van der Waals surface area contributed by atoms with E-state index in [1.54, 1.807) is 6.33 Å². The molecular weight excluding hydrogens is 252 g/mol. The van der Waals surface area contributed by atoms with Gasteiger partial charge >= 0.3 is 0 Å². The summed E-state index contributed by atoms with van der Waals surface area (Å²) in [5, 5.41) is 7.85. The third-order valence-electron chi connectivity index (χ3n) is 3.25. The van der Waals surface area contributed by atoms with Gasteiger partial charge in [0.25, 0.3) is 0 Å². The van der Waals surface area contributed by atoms with E-state index in [1.165, 1.54) is 12.8 Å². The Morgan fingerprint density at radius 3 is 2.90 bits per heavy atom. The second-order valence-electron chi connectivity index (χ2n) is 5.09. The van der Waals surface area contributed by atoms with Crippen molar-refractivity contribution >= 4 is 0 Å². The molecule has 0 radical (unpaired) electrons. The van der Waals surface area contributed by atoms with Crippen molar-refractivity contribution in [2.45, 2.75) is 38.4 Å². The number of para-hydroxylation sites is 1. The molecule has 1 aliphatic carbocycles. The van der Waals surface area contributed by atoms with Gasteiger partial charge in [-0.25, -0.2) is 4.98 Å². The predicted octanol–water partition coefficient (Wildman–Crippen LogP) is 2.00. The zero-order valence-corrected chi connectivity index (χ0v) is 11.5. The molecule has 20 heavy (non-hydrogen) atoms. The standard InChI is InChI=1S/C15H20N4O/c1-2-5-14(6-3-1)20-10-4-9-19-12-17-15(18-19)11-16-13-7-8-13/h1-3,5-6,12-13,16H,4,7-11H2. The van der Waals surface area contributed by atoms with Gasteiger partial charge in [-0.05, 0) is 25.0 Å². The van der Waals surface area contributed by atoms with E-state index in [4.69, 9.17) is 4.74 Å². The Bertz CT molecular complexity index is 522. The van der Waals surface area contributed by atoms with E-state index >= 15 is 0 Å². The van der Waals surface area contributed by atoms with Crippen molar-refractivity contribution < 1.29 is 4.74 Å². The lowest BCUT2D eigenvalue weighted by molar-refractivity contribution is 0.298. The lowest BCUT2D eigenvalue weighted by Gasteiger charge is -2.05. The largest absolute Gasteiger partial charge is 0.494 e. The molecule has 1 N–H and O–H groups in total. The fourth-order valence-electron chi connectivity index (χ4n) is 1.98. The fraction of sp³-hybridized carbons (Fsp3) is 0.467. The number of hydrogen-bond donors (Lipinski definition) is 1. The average molecular weight is 272 g/mol. The van der Waals surface area contributed by atoms with Gasteiger partial charge in [-0.1, -0.05) is 18.2 Å². The molecule has 0 saturated heterocycles. The number of hydrogen-bond acceptors (Lipinski definition) is 4. The maximum Gasteiger partial charge on any atom is 0.164 e. The van der Waals surface area contributed by atoms with Crippen molar-refractivity contribution in [1.82, 2.24) is 20.1 Å². The molecule has 1 aromatic carbocycles. The maximum absolute atomic E-state index is 5.65. The van der Waals surface area contributed by atoms with Gasteiger partial charge in [-0.15, -0.1) is 0 Å². The molecule has 0 aliphatic heterocycles. The SMILES string of the molecule is c1ccc(OCCCn2cnc(CNC3CC3)n2)cc1. The van der Waals surface area contributed by atoms with Crippen molar-refractivity contribution in [3.63, 3.8) is 0 Å². The number of aromatic nitrogens is 3. The molecule has 1 heterocycles. The summed E-state index contributed by atoms with van der Waals surface area (Å²) in [5.41, 5.74) is 0.